The minimum atomic E-state index is -0.327. The maximum atomic E-state index is 12.9. The fourth-order valence-corrected chi connectivity index (χ4v) is 4.21. The quantitative estimate of drug-likeness (QED) is 0.292. The van der Waals surface area contributed by atoms with E-state index in [1.54, 1.807) is 32.4 Å². The van der Waals surface area contributed by atoms with Gasteiger partial charge in [-0.25, -0.2) is 0 Å². The van der Waals surface area contributed by atoms with Crippen molar-refractivity contribution in [2.45, 2.75) is 5.22 Å². The Balaban J connectivity index is 1.52. The van der Waals surface area contributed by atoms with Gasteiger partial charge in [0.2, 0.25) is 5.89 Å². The van der Waals surface area contributed by atoms with Gasteiger partial charge in [0.1, 0.15) is 29.0 Å². The molecule has 0 atom stereocenters. The normalized spacial score (nSPS) is 12.4. The van der Waals surface area contributed by atoms with Crippen molar-refractivity contribution < 1.29 is 18.7 Å². The standard InChI is InChI=1S/C23H21N5O4S/c1-27-18-7-5-6-8-19(18)28(2)22(27)17(12-24)20(29)13-33-23-26-25-21(32-23)14-9-15(30-3)11-16(10-14)31-4/h5-11H,13H2,1-4H3. The van der Waals surface area contributed by atoms with E-state index >= 15 is 0 Å². The van der Waals surface area contributed by atoms with E-state index in [-0.39, 0.29) is 28.2 Å². The number of thioether (sulfide) groups is 1. The van der Waals surface area contributed by atoms with Crippen LogP contribution < -0.4 is 19.3 Å². The molecule has 0 spiro atoms. The Morgan fingerprint density at radius 3 is 2.21 bits per heavy atom. The third-order valence-electron chi connectivity index (χ3n) is 5.19. The van der Waals surface area contributed by atoms with Gasteiger partial charge in [-0.3, -0.25) is 4.79 Å². The van der Waals surface area contributed by atoms with Gasteiger partial charge in [0.25, 0.3) is 5.22 Å². The number of benzene rings is 2. The predicted octanol–water partition coefficient (Wildman–Crippen LogP) is 3.74. The summed E-state index contributed by atoms with van der Waals surface area (Å²) in [5, 5.41) is 18.0. The van der Waals surface area contributed by atoms with E-state index in [1.165, 1.54) is 0 Å². The second kappa shape index (κ2) is 9.26. The smallest absolute Gasteiger partial charge is 0.277 e. The molecule has 9 nitrogen and oxygen atoms in total. The van der Waals surface area contributed by atoms with Crippen LogP contribution >= 0.6 is 11.8 Å². The van der Waals surface area contributed by atoms with Crippen LogP contribution in [0.4, 0.5) is 11.4 Å². The van der Waals surface area contributed by atoms with Gasteiger partial charge in [0.15, 0.2) is 5.78 Å². The highest BCUT2D eigenvalue weighted by atomic mass is 32.2. The van der Waals surface area contributed by atoms with E-state index < -0.39 is 0 Å². The van der Waals surface area contributed by atoms with Crippen LogP contribution in [0.25, 0.3) is 11.5 Å². The first-order chi connectivity index (χ1) is 16.0. The lowest BCUT2D eigenvalue weighted by Gasteiger charge is -2.19. The molecule has 1 aromatic heterocycles. The Hall–Kier alpha value is -3.97. The van der Waals surface area contributed by atoms with E-state index in [4.69, 9.17) is 13.9 Å². The number of nitrogens with zero attached hydrogens (tertiary/aromatic N) is 5. The molecule has 0 N–H and O–H groups in total. The van der Waals surface area contributed by atoms with Gasteiger partial charge in [-0.05, 0) is 24.3 Å². The molecule has 0 fully saturated rings. The number of allylic oxidation sites excluding steroid dienone is 1. The van der Waals surface area contributed by atoms with Gasteiger partial charge in [0, 0.05) is 25.7 Å². The van der Waals surface area contributed by atoms with Crippen molar-refractivity contribution >= 4 is 28.9 Å². The van der Waals surface area contributed by atoms with E-state index in [1.807, 2.05) is 48.2 Å². The fourth-order valence-electron chi connectivity index (χ4n) is 3.57. The number of nitriles is 1. The second-order valence-electron chi connectivity index (χ2n) is 7.10. The van der Waals surface area contributed by atoms with Crippen LogP contribution in [0.5, 0.6) is 11.5 Å². The lowest BCUT2D eigenvalue weighted by atomic mass is 10.2. The summed E-state index contributed by atoms with van der Waals surface area (Å²) in [6.45, 7) is 0. The van der Waals surface area contributed by atoms with Crippen LogP contribution in [-0.2, 0) is 4.79 Å². The van der Waals surface area contributed by atoms with Gasteiger partial charge in [-0.2, -0.15) is 5.26 Å². The average Bonchev–Trinajstić information content (AvgIpc) is 3.42. The largest absolute Gasteiger partial charge is 0.497 e. The molecule has 0 amide bonds. The molecule has 0 aliphatic carbocycles. The first kappa shape index (κ1) is 22.2. The molecule has 0 unspecified atom stereocenters. The molecular formula is C23H21N5O4S. The lowest BCUT2D eigenvalue weighted by Crippen LogP contribution is -2.26. The van der Waals surface area contributed by atoms with Crippen molar-refractivity contribution in [1.82, 2.24) is 10.2 Å². The number of Topliss-reactive ketones (excluding diaryl/α,β-unsaturated/α-hetero) is 1. The summed E-state index contributed by atoms with van der Waals surface area (Å²) < 4.78 is 16.2. The number of fused-ring (bicyclic) bond motifs is 1. The number of carbonyl (C=O) groups is 1. The molecule has 0 radical (unpaired) electrons. The highest BCUT2D eigenvalue weighted by Gasteiger charge is 2.31. The van der Waals surface area contributed by atoms with E-state index in [0.29, 0.717) is 22.9 Å². The van der Waals surface area contributed by atoms with Crippen LogP contribution in [-0.4, -0.2) is 50.0 Å². The maximum absolute atomic E-state index is 12.9. The topological polar surface area (TPSA) is 105 Å². The van der Waals surface area contributed by atoms with Gasteiger partial charge in [0.05, 0.1) is 31.3 Å². The summed E-state index contributed by atoms with van der Waals surface area (Å²) in [5.74, 6) is 1.64. The molecular weight excluding hydrogens is 442 g/mol. The summed E-state index contributed by atoms with van der Waals surface area (Å²) in [7, 11) is 6.78. The summed E-state index contributed by atoms with van der Waals surface area (Å²) in [6, 6.07) is 15.0. The van der Waals surface area contributed by atoms with Crippen molar-refractivity contribution in [3.63, 3.8) is 0 Å². The van der Waals surface area contributed by atoms with Crippen LogP contribution in [0.3, 0.4) is 0 Å². The second-order valence-corrected chi connectivity index (χ2v) is 8.03. The van der Waals surface area contributed by atoms with Crippen LogP contribution in [0, 0.1) is 11.3 Å². The summed E-state index contributed by atoms with van der Waals surface area (Å²) in [5.41, 5.74) is 2.56. The number of para-hydroxylation sites is 2. The Morgan fingerprint density at radius 2 is 1.67 bits per heavy atom. The molecule has 168 valence electrons. The highest BCUT2D eigenvalue weighted by molar-refractivity contribution is 7.99. The minimum Gasteiger partial charge on any atom is -0.497 e. The Morgan fingerprint density at radius 1 is 1.06 bits per heavy atom. The number of ketones is 1. The number of rotatable bonds is 7. The van der Waals surface area contributed by atoms with Gasteiger partial charge in [-0.1, -0.05) is 23.9 Å². The summed E-state index contributed by atoms with van der Waals surface area (Å²) in [4.78, 5) is 16.6. The Bertz CT molecular complexity index is 1230. The number of hydrogen-bond donors (Lipinski definition) is 0. The molecule has 1 aliphatic heterocycles. The number of carbonyl (C=O) groups excluding carboxylic acids is 1. The predicted molar refractivity (Wildman–Crippen MR) is 124 cm³/mol. The molecule has 4 rings (SSSR count). The molecule has 0 saturated carbocycles. The third-order valence-corrected chi connectivity index (χ3v) is 6.00. The van der Waals surface area contributed by atoms with E-state index in [2.05, 4.69) is 16.3 Å². The average molecular weight is 464 g/mol. The van der Waals surface area contributed by atoms with Crippen molar-refractivity contribution in [3.8, 4) is 29.0 Å². The van der Waals surface area contributed by atoms with Crippen LogP contribution in [0.15, 0.2) is 63.5 Å². The maximum Gasteiger partial charge on any atom is 0.277 e. The molecule has 2 aromatic carbocycles. The molecule has 0 saturated heterocycles. The van der Waals surface area contributed by atoms with E-state index in [9.17, 15) is 10.1 Å². The monoisotopic (exact) mass is 463 g/mol. The first-order valence-electron chi connectivity index (χ1n) is 9.90. The zero-order valence-electron chi connectivity index (χ0n) is 18.5. The number of hydrogen-bond acceptors (Lipinski definition) is 10. The van der Waals surface area contributed by atoms with Crippen LogP contribution in [0.1, 0.15) is 0 Å². The van der Waals surface area contributed by atoms with Crippen molar-refractivity contribution in [1.29, 1.82) is 5.26 Å². The molecule has 1 aliphatic rings. The Labute approximate surface area is 195 Å². The van der Waals surface area contributed by atoms with Gasteiger partial charge >= 0.3 is 0 Å². The van der Waals surface area contributed by atoms with Crippen molar-refractivity contribution in [2.24, 2.45) is 0 Å². The zero-order valence-corrected chi connectivity index (χ0v) is 19.3. The molecule has 33 heavy (non-hydrogen) atoms. The number of anilines is 2. The van der Waals surface area contributed by atoms with E-state index in [0.717, 1.165) is 23.1 Å². The third kappa shape index (κ3) is 4.23. The fraction of sp³-hybridized carbons (Fsp3) is 0.217. The SMILES string of the molecule is COc1cc(OC)cc(-c2nnc(SCC(=O)C(C#N)=C3N(C)c4ccccc4N3C)o2)c1. The van der Waals surface area contributed by atoms with Gasteiger partial charge in [-0.15, -0.1) is 10.2 Å². The number of aromatic nitrogens is 2. The summed E-state index contributed by atoms with van der Waals surface area (Å²) in [6.07, 6.45) is 0. The molecule has 10 heteroatoms. The van der Waals surface area contributed by atoms with Crippen molar-refractivity contribution in [3.05, 3.63) is 53.9 Å². The van der Waals surface area contributed by atoms with Crippen LogP contribution in [0.2, 0.25) is 0 Å². The van der Waals surface area contributed by atoms with Crippen molar-refractivity contribution in [2.75, 3.05) is 43.9 Å². The number of methoxy groups -OCH3 is 2. The first-order valence-corrected chi connectivity index (χ1v) is 10.9. The lowest BCUT2D eigenvalue weighted by molar-refractivity contribution is -0.112. The number of ether oxygens (including phenoxy) is 2. The molecule has 2 heterocycles. The van der Waals surface area contributed by atoms with Gasteiger partial charge < -0.3 is 23.7 Å². The molecule has 0 bridgehead atoms. The Kier molecular flexibility index (Phi) is 6.24. The zero-order chi connectivity index (χ0) is 23.5. The minimum absolute atomic E-state index is 0.0204. The highest BCUT2D eigenvalue weighted by Crippen LogP contribution is 2.40. The molecule has 3 aromatic rings. The summed E-state index contributed by atoms with van der Waals surface area (Å²) >= 11 is 1.08.